The Morgan fingerprint density at radius 2 is 1.41 bits per heavy atom. The summed E-state index contributed by atoms with van der Waals surface area (Å²) in [7, 11) is 0. The minimum Gasteiger partial charge on any atom is -0.456 e. The van der Waals surface area contributed by atoms with E-state index < -0.39 is 0 Å². The number of aromatic nitrogens is 2. The Morgan fingerprint density at radius 1 is 0.633 bits per heavy atom. The zero-order chi connectivity index (χ0) is 32.3. The molecule has 0 N–H and O–H groups in total. The highest BCUT2D eigenvalue weighted by atomic mass is 16.3. The molecule has 10 rings (SSSR count). The van der Waals surface area contributed by atoms with Crippen LogP contribution in [0.1, 0.15) is 52.6 Å². The third kappa shape index (κ3) is 4.65. The van der Waals surface area contributed by atoms with E-state index >= 15 is 0 Å². The summed E-state index contributed by atoms with van der Waals surface area (Å²) >= 11 is 0. The Hall–Kier alpha value is -6.06. The second-order valence-corrected chi connectivity index (χ2v) is 13.2. The number of para-hydroxylation sites is 1. The molecule has 0 bridgehead atoms. The summed E-state index contributed by atoms with van der Waals surface area (Å²) in [6.45, 7) is 0. The van der Waals surface area contributed by atoms with Gasteiger partial charge in [-0.15, -0.1) is 0 Å². The summed E-state index contributed by atoms with van der Waals surface area (Å²) in [5, 5.41) is 4.55. The highest BCUT2D eigenvalue weighted by Crippen LogP contribution is 2.47. The third-order valence-corrected chi connectivity index (χ3v) is 10.3. The van der Waals surface area contributed by atoms with E-state index in [-0.39, 0.29) is 5.92 Å². The van der Waals surface area contributed by atoms with Crippen LogP contribution in [0.15, 0.2) is 150 Å². The van der Waals surface area contributed by atoms with Gasteiger partial charge in [0.25, 0.3) is 0 Å². The fourth-order valence-electron chi connectivity index (χ4n) is 7.92. The van der Waals surface area contributed by atoms with Gasteiger partial charge in [-0.3, -0.25) is 0 Å². The smallest absolute Gasteiger partial charge is 0.139 e. The molecule has 0 radical (unpaired) electrons. The van der Waals surface area contributed by atoms with Gasteiger partial charge in [-0.05, 0) is 76.1 Å². The van der Waals surface area contributed by atoms with E-state index in [1.165, 1.54) is 38.6 Å². The van der Waals surface area contributed by atoms with Gasteiger partial charge in [0, 0.05) is 27.5 Å². The van der Waals surface area contributed by atoms with Crippen LogP contribution in [0.2, 0.25) is 0 Å². The number of benzene rings is 6. The van der Waals surface area contributed by atoms with Crippen LogP contribution in [-0.2, 0) is 6.42 Å². The highest BCUT2D eigenvalue weighted by Gasteiger charge is 2.32. The van der Waals surface area contributed by atoms with E-state index in [9.17, 15) is 0 Å². The van der Waals surface area contributed by atoms with Gasteiger partial charge in [-0.2, -0.15) is 0 Å². The number of furan rings is 1. The maximum atomic E-state index is 6.88. The van der Waals surface area contributed by atoms with Crippen molar-refractivity contribution in [2.45, 2.75) is 25.2 Å². The zero-order valence-corrected chi connectivity index (χ0v) is 26.9. The molecular weight excluding hydrogens is 597 g/mol. The van der Waals surface area contributed by atoms with Crippen LogP contribution >= 0.6 is 0 Å². The highest BCUT2D eigenvalue weighted by molar-refractivity contribution is 6.01. The molecule has 1 atom stereocenters. The van der Waals surface area contributed by atoms with Crippen LogP contribution in [0, 0.1) is 0 Å². The van der Waals surface area contributed by atoms with E-state index in [0.717, 1.165) is 75.1 Å². The van der Waals surface area contributed by atoms with Crippen molar-refractivity contribution in [2.24, 2.45) is 0 Å². The molecule has 0 saturated carbocycles. The SMILES string of the molecule is C1=Cc2cccc(-c3ccc(C4=CCC(c5nc(-c6ccccc6)c6ccccc6n5)c5c4oc4cc6ccccc6cc54)cc3)c2CC1. The van der Waals surface area contributed by atoms with Crippen molar-refractivity contribution < 1.29 is 4.42 Å². The Bertz CT molecular complexity index is 2630. The molecule has 8 aromatic rings. The first-order valence-corrected chi connectivity index (χ1v) is 17.2. The van der Waals surface area contributed by atoms with Crippen LogP contribution in [-0.4, -0.2) is 9.97 Å². The monoisotopic (exact) mass is 628 g/mol. The normalized spacial score (nSPS) is 15.3. The molecule has 2 aromatic heterocycles. The van der Waals surface area contributed by atoms with Crippen molar-refractivity contribution in [3.8, 4) is 22.4 Å². The predicted octanol–water partition coefficient (Wildman–Crippen LogP) is 11.8. The molecule has 0 saturated heterocycles. The lowest BCUT2D eigenvalue weighted by atomic mass is 9.82. The van der Waals surface area contributed by atoms with Crippen LogP contribution in [0.5, 0.6) is 0 Å². The summed E-state index contributed by atoms with van der Waals surface area (Å²) in [4.78, 5) is 10.6. The first-order chi connectivity index (χ1) is 24.3. The number of fused-ring (bicyclic) bond motifs is 6. The topological polar surface area (TPSA) is 38.9 Å². The molecule has 0 spiro atoms. The molecule has 2 heterocycles. The summed E-state index contributed by atoms with van der Waals surface area (Å²) in [5.74, 6) is 1.68. The number of hydrogen-bond donors (Lipinski definition) is 0. The molecule has 0 aliphatic heterocycles. The summed E-state index contributed by atoms with van der Waals surface area (Å²) in [5.41, 5.74) is 12.7. The fraction of sp³-hybridized carbons (Fsp3) is 0.0870. The quantitative estimate of drug-likeness (QED) is 0.195. The minimum absolute atomic E-state index is 0.0589. The first-order valence-electron chi connectivity index (χ1n) is 17.2. The number of hydrogen-bond acceptors (Lipinski definition) is 3. The average molecular weight is 629 g/mol. The predicted molar refractivity (Wildman–Crippen MR) is 201 cm³/mol. The largest absolute Gasteiger partial charge is 0.456 e. The van der Waals surface area contributed by atoms with Gasteiger partial charge in [0.1, 0.15) is 17.2 Å². The number of allylic oxidation sites excluding steroid dienone is 2. The van der Waals surface area contributed by atoms with Gasteiger partial charge < -0.3 is 4.42 Å². The van der Waals surface area contributed by atoms with Gasteiger partial charge in [0.05, 0.1) is 17.1 Å². The van der Waals surface area contributed by atoms with Gasteiger partial charge in [0.15, 0.2) is 0 Å². The molecule has 232 valence electrons. The van der Waals surface area contributed by atoms with E-state index in [4.69, 9.17) is 14.4 Å². The average Bonchev–Trinajstić information content (AvgIpc) is 3.54. The second kappa shape index (κ2) is 11.3. The lowest BCUT2D eigenvalue weighted by Gasteiger charge is -2.23. The zero-order valence-electron chi connectivity index (χ0n) is 26.9. The Kier molecular flexibility index (Phi) is 6.45. The van der Waals surface area contributed by atoms with Crippen molar-refractivity contribution in [3.63, 3.8) is 0 Å². The van der Waals surface area contributed by atoms with Crippen molar-refractivity contribution in [3.05, 3.63) is 179 Å². The molecule has 49 heavy (non-hydrogen) atoms. The molecule has 2 aliphatic carbocycles. The van der Waals surface area contributed by atoms with Gasteiger partial charge in [0.2, 0.25) is 0 Å². The van der Waals surface area contributed by atoms with E-state index in [1.54, 1.807) is 0 Å². The first kappa shape index (κ1) is 28.0. The van der Waals surface area contributed by atoms with Crippen molar-refractivity contribution in [2.75, 3.05) is 0 Å². The van der Waals surface area contributed by atoms with Crippen molar-refractivity contribution in [1.82, 2.24) is 9.97 Å². The summed E-state index contributed by atoms with van der Waals surface area (Å²) < 4.78 is 6.88. The fourth-order valence-corrected chi connectivity index (χ4v) is 7.92. The molecule has 6 aromatic carbocycles. The standard InChI is InChI=1S/C46H32N2O/c1-2-12-32(13-3-1)44-38-18-8-9-20-41(38)47-46(48-44)39-26-25-37(45-43(39)40-27-33-14-4-5-15-34(33)28-42(40)49-45)31-23-21-30(22-24-31)36-19-10-16-29-11-6-7-17-35(29)36/h1-6,8-16,18-25,27-28,39H,7,17,26H2. The van der Waals surface area contributed by atoms with Crippen molar-refractivity contribution >= 4 is 44.3 Å². The Balaban J connectivity index is 1.14. The van der Waals surface area contributed by atoms with Crippen LogP contribution in [0.4, 0.5) is 0 Å². The lowest BCUT2D eigenvalue weighted by Crippen LogP contribution is -2.12. The number of nitrogens with zero attached hydrogens (tertiary/aromatic N) is 2. The Morgan fingerprint density at radius 3 is 2.29 bits per heavy atom. The maximum Gasteiger partial charge on any atom is 0.139 e. The minimum atomic E-state index is -0.0589. The molecule has 1 unspecified atom stereocenters. The summed E-state index contributed by atoms with van der Waals surface area (Å²) in [6.07, 6.45) is 9.81. The Labute approximate surface area is 284 Å². The molecule has 0 fully saturated rings. The van der Waals surface area contributed by atoms with E-state index in [2.05, 4.69) is 146 Å². The third-order valence-electron chi connectivity index (χ3n) is 10.3. The number of rotatable bonds is 4. The molecular formula is C46H32N2O. The van der Waals surface area contributed by atoms with Crippen LogP contribution in [0.25, 0.3) is 66.7 Å². The maximum absolute atomic E-state index is 6.88. The molecule has 3 nitrogen and oxygen atoms in total. The molecule has 0 amide bonds. The van der Waals surface area contributed by atoms with Gasteiger partial charge in [-0.1, -0.05) is 133 Å². The van der Waals surface area contributed by atoms with Crippen molar-refractivity contribution in [1.29, 1.82) is 0 Å². The van der Waals surface area contributed by atoms with E-state index in [1.807, 2.05) is 6.07 Å². The second-order valence-electron chi connectivity index (χ2n) is 13.2. The van der Waals surface area contributed by atoms with Crippen LogP contribution in [0.3, 0.4) is 0 Å². The summed E-state index contributed by atoms with van der Waals surface area (Å²) in [6, 6.07) is 47.5. The molecule has 3 heteroatoms. The van der Waals surface area contributed by atoms with E-state index in [0.29, 0.717) is 0 Å². The van der Waals surface area contributed by atoms with Gasteiger partial charge >= 0.3 is 0 Å². The lowest BCUT2D eigenvalue weighted by molar-refractivity contribution is 0.582. The van der Waals surface area contributed by atoms with Gasteiger partial charge in [-0.25, -0.2) is 9.97 Å². The van der Waals surface area contributed by atoms with Crippen LogP contribution < -0.4 is 0 Å². The molecule has 2 aliphatic rings.